The van der Waals surface area contributed by atoms with Crippen LogP contribution in [0.4, 0.5) is 0 Å². The molecule has 7 aliphatic carbocycles. The van der Waals surface area contributed by atoms with Gasteiger partial charge in [-0.05, 0) is 308 Å². The molecule has 4 heterocycles. The Morgan fingerprint density at radius 3 is 0.903 bits per heavy atom. The maximum atomic E-state index is 11.1. The zero-order chi connectivity index (χ0) is 89.1. The van der Waals surface area contributed by atoms with Crippen LogP contribution in [0, 0.1) is 0 Å². The predicted molar refractivity (Wildman–Crippen MR) is 516 cm³/mol. The predicted octanol–water partition coefficient (Wildman–Crippen LogP) is 31.2. The fourth-order valence-corrected chi connectivity index (χ4v) is 19.9. The third kappa shape index (κ3) is 29.7. The van der Waals surface area contributed by atoms with Crippen molar-refractivity contribution in [2.24, 2.45) is 0 Å². The summed E-state index contributed by atoms with van der Waals surface area (Å²) in [5.74, 6) is 1.97. The third-order valence-corrected chi connectivity index (χ3v) is 31.2. The summed E-state index contributed by atoms with van der Waals surface area (Å²) in [7, 11) is -0.219. The smallest absolute Gasteiger partial charge is 0.400 e. The highest BCUT2D eigenvalue weighted by Gasteiger charge is 2.54. The monoisotopic (exact) mass is 2030 g/mol. The second-order valence-electron chi connectivity index (χ2n) is 34.5. The number of allylic oxidation sites excluding steroid dienone is 2. The normalized spacial score (nSPS) is 24.1. The lowest BCUT2D eigenvalue weighted by atomic mass is 9.71. The SMILES string of the molecule is CC1(C)OB(C2=CCC3(CC2)OCCO3)OC1(C)C.Clc1ccc(Br)cc1Cl.Clc1ccc(C2=CCC3(CC2)OCCO3)cc1Cl.Clc1ccc(C2CCC3(CC2)OCCO3)cc1Cl.O=C1CCC(c2ccc(Cl)c(Cl)c2)CC1.OC1CCC(c2ccc(Cl)c(Cl)c2)CC1.OC1CCC(c2ccc(Cl)c(Cl)c2)CC1.OC1CCC(c2ccc(Cl)c(Cl)c2)CC1. The summed E-state index contributed by atoms with van der Waals surface area (Å²) in [4.78, 5) is 11.1. The maximum Gasteiger partial charge on any atom is 0.490 e. The molecule has 3 N–H and O–H groups in total. The number of benzene rings is 7. The van der Waals surface area contributed by atoms with Gasteiger partial charge in [0.05, 0.1) is 139 Å². The van der Waals surface area contributed by atoms with E-state index < -0.39 is 0 Å². The van der Waals surface area contributed by atoms with Gasteiger partial charge in [-0.1, -0.05) is 227 Å². The van der Waals surface area contributed by atoms with Crippen LogP contribution in [-0.4, -0.2) is 115 Å². The summed E-state index contributed by atoms with van der Waals surface area (Å²) in [6.07, 6.45) is 28.3. The number of carbonyl (C=O) groups is 1. The lowest BCUT2D eigenvalue weighted by Gasteiger charge is -2.35. The van der Waals surface area contributed by atoms with Crippen molar-refractivity contribution in [3.63, 3.8) is 0 Å². The molecule has 7 aromatic rings. The van der Waals surface area contributed by atoms with Crippen LogP contribution in [0.3, 0.4) is 0 Å². The van der Waals surface area contributed by atoms with Crippen LogP contribution >= 0.6 is 178 Å². The number of rotatable bonds is 7. The van der Waals surface area contributed by atoms with E-state index in [1.54, 1.807) is 12.1 Å². The van der Waals surface area contributed by atoms with E-state index in [-0.39, 0.29) is 54.0 Å². The molecule has 11 aliphatic rings. The Labute approximate surface area is 811 Å². The van der Waals surface area contributed by atoms with Crippen molar-refractivity contribution in [3.8, 4) is 0 Å². The number of ketones is 1. The van der Waals surface area contributed by atoms with E-state index >= 15 is 0 Å². The fourth-order valence-electron chi connectivity index (χ4n) is 17.3. The number of halogens is 15. The van der Waals surface area contributed by atoms with Crippen LogP contribution < -0.4 is 0 Å². The fraction of sp³-hybridized carbons (Fsp3) is 0.510. The molecule has 7 aromatic carbocycles. The van der Waals surface area contributed by atoms with E-state index in [4.69, 9.17) is 200 Å². The molecule has 5 saturated carbocycles. The van der Waals surface area contributed by atoms with E-state index in [0.717, 1.165) is 177 Å². The minimum atomic E-state index is -0.368. The highest BCUT2D eigenvalue weighted by Crippen LogP contribution is 2.48. The van der Waals surface area contributed by atoms with Gasteiger partial charge in [-0.3, -0.25) is 4.79 Å². The second-order valence-corrected chi connectivity index (χ2v) is 41.1. The molecule has 674 valence electrons. The van der Waals surface area contributed by atoms with Gasteiger partial charge in [-0.25, -0.2) is 0 Å². The number of aliphatic hydroxyl groups excluding tert-OH is 3. The number of hydrogen-bond acceptors (Lipinski definition) is 12. The molecule has 18 rings (SSSR count). The van der Waals surface area contributed by atoms with Crippen molar-refractivity contribution >= 4 is 197 Å². The van der Waals surface area contributed by atoms with Crippen molar-refractivity contribution in [2.75, 3.05) is 39.6 Å². The summed E-state index contributed by atoms with van der Waals surface area (Å²) in [6, 6.07) is 40.3. The van der Waals surface area contributed by atoms with E-state index in [2.05, 4.69) is 61.8 Å². The van der Waals surface area contributed by atoms with E-state index in [9.17, 15) is 20.1 Å². The Kier molecular flexibility index (Phi) is 39.8. The van der Waals surface area contributed by atoms with Gasteiger partial charge in [-0.2, -0.15) is 0 Å². The molecule has 3 spiro atoms. The second kappa shape index (κ2) is 48.2. The first-order chi connectivity index (χ1) is 59.1. The quantitative estimate of drug-likeness (QED) is 0.103. The van der Waals surface area contributed by atoms with Gasteiger partial charge in [0.2, 0.25) is 0 Å². The standard InChI is InChI=1S/C14H23BO4.C14H16Cl2O2.C14H14Cl2O2.3C12H14Cl2O.C12H12Cl2O.C6H3BrCl2/c1-12(2)13(3,4)19-15(18-12)11-5-7-14(8-6-11)16-9-10-17-14;2*15-12-2-1-11(9-13(12)16)10-3-5-14(6-4-10)17-7-8-18-14;4*13-11-6-3-9(7-12(11)14)8-1-4-10(15)5-2-8;7-4-1-2-5(8)6(9)3-4/h5H,6-10H2,1-4H3;1-2,9-10H,3-8H2;1-3,9H,4-8H2;3*3,6-8,10,15H,1-2,4-5H2;3,6-8H,1-2,4-5H2;1-3H. The molecule has 124 heavy (non-hydrogen) atoms. The van der Waals surface area contributed by atoms with Crippen LogP contribution in [0.1, 0.15) is 258 Å². The van der Waals surface area contributed by atoms with Crippen LogP contribution in [0.2, 0.25) is 70.3 Å². The van der Waals surface area contributed by atoms with Gasteiger partial charge >= 0.3 is 7.12 Å². The molecule has 0 bridgehead atoms. The van der Waals surface area contributed by atoms with Crippen LogP contribution in [-0.2, 0) is 42.5 Å². The van der Waals surface area contributed by atoms with Gasteiger partial charge < -0.3 is 53.0 Å². The Morgan fingerprint density at radius 1 is 0.315 bits per heavy atom. The third-order valence-electron chi connectivity index (χ3n) is 25.5. The lowest BCUT2D eigenvalue weighted by molar-refractivity contribution is -0.178. The first kappa shape index (κ1) is 102. The number of ether oxygens (including phenoxy) is 6. The van der Waals surface area contributed by atoms with Gasteiger partial charge in [0.15, 0.2) is 17.4 Å². The number of carbonyl (C=O) groups excluding carboxylic acids is 1. The van der Waals surface area contributed by atoms with E-state index in [0.29, 0.717) is 145 Å². The minimum absolute atomic E-state index is 0.107. The van der Waals surface area contributed by atoms with Crippen LogP contribution in [0.15, 0.2) is 149 Å². The summed E-state index contributed by atoms with van der Waals surface area (Å²) in [5, 5.41) is 36.8. The summed E-state index contributed by atoms with van der Waals surface area (Å²) >= 11 is 85.9. The van der Waals surface area contributed by atoms with Crippen molar-refractivity contribution < 1.29 is 57.8 Å². The highest BCUT2D eigenvalue weighted by molar-refractivity contribution is 9.10. The largest absolute Gasteiger partial charge is 0.490 e. The number of Topliss-reactive ketones (excluding diaryl/α,β-unsaturated/α-hetero) is 1. The van der Waals surface area contributed by atoms with Gasteiger partial charge in [-0.15, -0.1) is 0 Å². The molecular weight excluding hydrogens is 1930 g/mol. The highest BCUT2D eigenvalue weighted by atomic mass is 79.9. The van der Waals surface area contributed by atoms with Gasteiger partial charge in [0.1, 0.15) is 5.78 Å². The molecule has 0 aromatic heterocycles. The first-order valence-corrected chi connectivity index (χ1v) is 49.1. The maximum absolute atomic E-state index is 11.1. The van der Waals surface area contributed by atoms with E-state index in [1.807, 2.05) is 109 Å². The minimum Gasteiger partial charge on any atom is -0.400 e. The van der Waals surface area contributed by atoms with Crippen molar-refractivity contribution in [3.05, 3.63) is 253 Å². The molecule has 28 heteroatoms. The van der Waals surface area contributed by atoms with Crippen LogP contribution in [0.5, 0.6) is 0 Å². The molecule has 0 unspecified atom stereocenters. The number of aliphatic hydroxyl groups is 3. The molecule has 4 saturated heterocycles. The van der Waals surface area contributed by atoms with Crippen molar-refractivity contribution in [2.45, 2.75) is 271 Å². The number of hydrogen-bond donors (Lipinski definition) is 3. The molecule has 0 radical (unpaired) electrons. The van der Waals surface area contributed by atoms with E-state index in [1.165, 1.54) is 38.9 Å². The molecule has 0 amide bonds. The molecule has 0 atom stereocenters. The zero-order valence-corrected chi connectivity index (χ0v) is 82.5. The molecule has 12 nitrogen and oxygen atoms in total. The van der Waals surface area contributed by atoms with Crippen LogP contribution in [0.25, 0.3) is 5.57 Å². The Hall–Kier alpha value is -2.15. The average Bonchev–Trinajstić information content (AvgIpc) is 1.62. The Morgan fingerprint density at radius 2 is 0.605 bits per heavy atom. The zero-order valence-electron chi connectivity index (χ0n) is 70.3. The molecule has 9 fully saturated rings. The molecule has 4 aliphatic heterocycles. The average molecular weight is 2040 g/mol. The van der Waals surface area contributed by atoms with Crippen molar-refractivity contribution in [1.82, 2.24) is 0 Å². The lowest BCUT2D eigenvalue weighted by Crippen LogP contribution is -2.41. The summed E-state index contributed by atoms with van der Waals surface area (Å²) < 4.78 is 47.4. The van der Waals surface area contributed by atoms with Crippen molar-refractivity contribution in [1.29, 1.82) is 0 Å². The summed E-state index contributed by atoms with van der Waals surface area (Å²) in [6.45, 7) is 12.6. The summed E-state index contributed by atoms with van der Waals surface area (Å²) in [5.41, 5.74) is 9.33. The first-order valence-electron chi connectivity index (χ1n) is 43.0. The Balaban J connectivity index is 0.000000139. The van der Waals surface area contributed by atoms with Gasteiger partial charge in [0, 0.05) is 55.8 Å². The molecular formula is C96H110BBrCl14O12. The van der Waals surface area contributed by atoms with Gasteiger partial charge in [0.25, 0.3) is 0 Å². The Bertz CT molecular complexity index is 4520. The topological polar surface area (TPSA) is 152 Å².